The predicted molar refractivity (Wildman–Crippen MR) is 136 cm³/mol. The van der Waals surface area contributed by atoms with Gasteiger partial charge in [-0.2, -0.15) is 0 Å². The molecule has 0 saturated carbocycles. The number of piperidine rings is 1. The summed E-state index contributed by atoms with van der Waals surface area (Å²) in [7, 11) is 1.67. The van der Waals surface area contributed by atoms with E-state index in [1.807, 2.05) is 28.5 Å². The summed E-state index contributed by atoms with van der Waals surface area (Å²) in [4.78, 5) is 19.8. The molecule has 0 spiro atoms. The van der Waals surface area contributed by atoms with Gasteiger partial charge in [0.1, 0.15) is 11.4 Å². The molecule has 3 heterocycles. The average molecular weight is 493 g/mol. The van der Waals surface area contributed by atoms with Crippen LogP contribution >= 0.6 is 11.3 Å². The third-order valence-corrected chi connectivity index (χ3v) is 8.07. The summed E-state index contributed by atoms with van der Waals surface area (Å²) in [5.41, 5.74) is 6.45. The Labute approximate surface area is 210 Å². The van der Waals surface area contributed by atoms with E-state index in [0.29, 0.717) is 25.6 Å². The number of carbonyl (C=O) groups is 1. The van der Waals surface area contributed by atoms with Gasteiger partial charge in [-0.25, -0.2) is 4.98 Å². The SMILES string of the molecule is COc1cccc2c1COC(c1csc(C3CCN(C(=O)Cc4cc(C)ccc4C)CC3)n1)OC2. The summed E-state index contributed by atoms with van der Waals surface area (Å²) in [5.74, 6) is 1.40. The molecule has 7 heteroatoms. The maximum absolute atomic E-state index is 12.9. The molecular weight excluding hydrogens is 460 g/mol. The van der Waals surface area contributed by atoms with E-state index in [-0.39, 0.29) is 5.91 Å². The molecule has 5 rings (SSSR count). The van der Waals surface area contributed by atoms with Gasteiger partial charge in [0.15, 0.2) is 0 Å². The molecule has 2 aromatic carbocycles. The van der Waals surface area contributed by atoms with Crippen molar-refractivity contribution in [2.75, 3.05) is 20.2 Å². The van der Waals surface area contributed by atoms with Crippen LogP contribution in [-0.2, 0) is 33.9 Å². The number of fused-ring (bicyclic) bond motifs is 1. The number of hydrogen-bond donors (Lipinski definition) is 0. The predicted octanol–water partition coefficient (Wildman–Crippen LogP) is 5.46. The first-order valence-electron chi connectivity index (χ1n) is 12.2. The molecule has 1 unspecified atom stereocenters. The van der Waals surface area contributed by atoms with E-state index in [2.05, 4.69) is 32.0 Å². The highest BCUT2D eigenvalue weighted by Crippen LogP contribution is 2.35. The molecule has 1 atom stereocenters. The zero-order chi connectivity index (χ0) is 24.4. The average Bonchev–Trinajstić information content (AvgIpc) is 3.26. The molecule has 0 radical (unpaired) electrons. The lowest BCUT2D eigenvalue weighted by Crippen LogP contribution is -2.38. The van der Waals surface area contributed by atoms with Gasteiger partial charge >= 0.3 is 0 Å². The van der Waals surface area contributed by atoms with Gasteiger partial charge in [0.05, 0.1) is 31.8 Å². The Kier molecular flexibility index (Phi) is 7.18. The third kappa shape index (κ3) is 5.27. The molecule has 184 valence electrons. The van der Waals surface area contributed by atoms with Crippen LogP contribution in [0.3, 0.4) is 0 Å². The molecule has 0 bridgehead atoms. The number of hydrogen-bond acceptors (Lipinski definition) is 6. The number of methoxy groups -OCH3 is 1. The summed E-state index contributed by atoms with van der Waals surface area (Å²) in [6.45, 7) is 6.58. The largest absolute Gasteiger partial charge is 0.496 e. The number of aryl methyl sites for hydroxylation is 2. The van der Waals surface area contributed by atoms with Crippen molar-refractivity contribution in [1.29, 1.82) is 0 Å². The second kappa shape index (κ2) is 10.5. The molecule has 2 aliphatic rings. The Balaban J connectivity index is 1.18. The molecule has 2 aliphatic heterocycles. The number of benzene rings is 2. The number of carbonyl (C=O) groups excluding carboxylic acids is 1. The van der Waals surface area contributed by atoms with Crippen molar-refractivity contribution >= 4 is 17.2 Å². The quantitative estimate of drug-likeness (QED) is 0.473. The highest BCUT2D eigenvalue weighted by molar-refractivity contribution is 7.09. The molecule has 0 N–H and O–H groups in total. The lowest BCUT2D eigenvalue weighted by Gasteiger charge is -2.31. The van der Waals surface area contributed by atoms with Crippen molar-refractivity contribution in [3.63, 3.8) is 0 Å². The van der Waals surface area contributed by atoms with Gasteiger partial charge < -0.3 is 19.1 Å². The molecule has 35 heavy (non-hydrogen) atoms. The van der Waals surface area contributed by atoms with Crippen LogP contribution in [0.25, 0.3) is 0 Å². The first-order chi connectivity index (χ1) is 17.0. The lowest BCUT2D eigenvalue weighted by molar-refractivity contribution is -0.155. The van der Waals surface area contributed by atoms with Gasteiger partial charge in [-0.1, -0.05) is 35.9 Å². The Morgan fingerprint density at radius 2 is 1.94 bits per heavy atom. The van der Waals surface area contributed by atoms with Gasteiger partial charge in [0, 0.05) is 30.0 Å². The van der Waals surface area contributed by atoms with Crippen molar-refractivity contribution in [1.82, 2.24) is 9.88 Å². The number of nitrogens with zero attached hydrogens (tertiary/aromatic N) is 2. The van der Waals surface area contributed by atoms with E-state index < -0.39 is 6.29 Å². The number of thiazole rings is 1. The van der Waals surface area contributed by atoms with Gasteiger partial charge in [-0.15, -0.1) is 11.3 Å². The summed E-state index contributed by atoms with van der Waals surface area (Å²) < 4.78 is 17.6. The summed E-state index contributed by atoms with van der Waals surface area (Å²) in [5, 5.41) is 3.15. The molecule has 1 aromatic heterocycles. The molecule has 6 nitrogen and oxygen atoms in total. The fourth-order valence-corrected chi connectivity index (χ4v) is 5.87. The Bertz CT molecular complexity index is 1200. The number of rotatable bonds is 5. The van der Waals surface area contributed by atoms with Gasteiger partial charge in [-0.3, -0.25) is 4.79 Å². The second-order valence-electron chi connectivity index (χ2n) is 9.42. The number of ether oxygens (including phenoxy) is 3. The van der Waals surface area contributed by atoms with Gasteiger partial charge in [-0.05, 0) is 49.4 Å². The lowest BCUT2D eigenvalue weighted by atomic mass is 9.96. The van der Waals surface area contributed by atoms with Crippen LogP contribution < -0.4 is 4.74 Å². The topological polar surface area (TPSA) is 60.9 Å². The highest BCUT2D eigenvalue weighted by atomic mass is 32.1. The first-order valence-corrected chi connectivity index (χ1v) is 13.1. The first kappa shape index (κ1) is 24.0. The molecule has 1 fully saturated rings. The maximum atomic E-state index is 12.9. The minimum absolute atomic E-state index is 0.215. The summed E-state index contributed by atoms with van der Waals surface area (Å²) in [6.07, 6.45) is 1.85. The summed E-state index contributed by atoms with van der Waals surface area (Å²) >= 11 is 1.66. The van der Waals surface area contributed by atoms with Crippen LogP contribution in [0.5, 0.6) is 5.75 Å². The zero-order valence-electron chi connectivity index (χ0n) is 20.6. The van der Waals surface area contributed by atoms with E-state index in [0.717, 1.165) is 59.1 Å². The minimum Gasteiger partial charge on any atom is -0.496 e. The van der Waals surface area contributed by atoms with Crippen molar-refractivity contribution in [3.05, 3.63) is 80.3 Å². The van der Waals surface area contributed by atoms with Crippen LogP contribution in [0.2, 0.25) is 0 Å². The monoisotopic (exact) mass is 492 g/mol. The highest BCUT2D eigenvalue weighted by Gasteiger charge is 2.28. The Hall–Kier alpha value is -2.74. The fourth-order valence-electron chi connectivity index (χ4n) is 4.88. The normalized spacial score (nSPS) is 18.7. The molecule has 3 aromatic rings. The molecule has 1 amide bonds. The third-order valence-electron chi connectivity index (χ3n) is 7.04. The van der Waals surface area contributed by atoms with Crippen molar-refractivity contribution in [2.24, 2.45) is 0 Å². The zero-order valence-corrected chi connectivity index (χ0v) is 21.4. The van der Waals surface area contributed by atoms with E-state index >= 15 is 0 Å². The Morgan fingerprint density at radius 3 is 2.74 bits per heavy atom. The number of aromatic nitrogens is 1. The fraction of sp³-hybridized carbons (Fsp3) is 0.429. The summed E-state index contributed by atoms with van der Waals surface area (Å²) in [6, 6.07) is 12.3. The van der Waals surface area contributed by atoms with Gasteiger partial charge in [0.25, 0.3) is 0 Å². The van der Waals surface area contributed by atoms with Crippen molar-refractivity contribution < 1.29 is 19.0 Å². The molecular formula is C28H32N2O4S. The second-order valence-corrected chi connectivity index (χ2v) is 10.3. The molecule has 0 aliphatic carbocycles. The maximum Gasteiger partial charge on any atom is 0.227 e. The Morgan fingerprint density at radius 1 is 1.14 bits per heavy atom. The van der Waals surface area contributed by atoms with Crippen LogP contribution in [0, 0.1) is 13.8 Å². The smallest absolute Gasteiger partial charge is 0.227 e. The van der Waals surface area contributed by atoms with Crippen LogP contribution in [0.4, 0.5) is 0 Å². The van der Waals surface area contributed by atoms with E-state index in [4.69, 9.17) is 19.2 Å². The standard InChI is InChI=1S/C28H32N2O4S/c1-18-7-8-19(2)22(13-18)14-26(31)30-11-9-20(10-12-30)27-29-24(17-35-27)28-33-15-21-5-4-6-25(32-3)23(21)16-34-28/h4-8,13,17,20,28H,9-12,14-16H2,1-3H3. The van der Waals surface area contributed by atoms with Crippen molar-refractivity contribution in [2.45, 2.75) is 58.5 Å². The minimum atomic E-state index is -0.489. The van der Waals surface area contributed by atoms with Gasteiger partial charge in [0.2, 0.25) is 12.2 Å². The van der Waals surface area contributed by atoms with E-state index in [1.54, 1.807) is 18.4 Å². The van der Waals surface area contributed by atoms with Crippen LogP contribution in [0.1, 0.15) is 63.6 Å². The van der Waals surface area contributed by atoms with Crippen LogP contribution in [0.15, 0.2) is 41.8 Å². The van der Waals surface area contributed by atoms with Crippen molar-refractivity contribution in [3.8, 4) is 5.75 Å². The van der Waals surface area contributed by atoms with Crippen LogP contribution in [-0.4, -0.2) is 36.0 Å². The van der Waals surface area contributed by atoms with E-state index in [9.17, 15) is 4.79 Å². The number of amides is 1. The number of likely N-dealkylation sites (tertiary alicyclic amines) is 1. The van der Waals surface area contributed by atoms with E-state index in [1.165, 1.54) is 11.1 Å². The molecule has 1 saturated heterocycles.